The molecule has 0 bridgehead atoms. The van der Waals surface area contributed by atoms with Crippen molar-refractivity contribution in [3.05, 3.63) is 94.3 Å². The number of rotatable bonds is 6. The first kappa shape index (κ1) is 22.3. The maximum Gasteiger partial charge on any atom is 0.263 e. The Morgan fingerprint density at radius 3 is 2.60 bits per heavy atom. The number of hydrogen-bond donors (Lipinski definition) is 2. The number of aromatic nitrogens is 4. The van der Waals surface area contributed by atoms with E-state index in [-0.39, 0.29) is 11.6 Å². The van der Waals surface area contributed by atoms with Crippen molar-refractivity contribution in [1.29, 1.82) is 0 Å². The summed E-state index contributed by atoms with van der Waals surface area (Å²) in [5, 5.41) is 9.00. The lowest BCUT2D eigenvalue weighted by Crippen LogP contribution is -2.27. The highest BCUT2D eigenvalue weighted by atomic mass is 16.5. The van der Waals surface area contributed by atoms with Gasteiger partial charge in [0.05, 0.1) is 11.4 Å². The van der Waals surface area contributed by atoms with Crippen molar-refractivity contribution < 1.29 is 4.52 Å². The molecule has 176 valence electrons. The molecule has 2 aromatic carbocycles. The van der Waals surface area contributed by atoms with Crippen molar-refractivity contribution in [2.75, 3.05) is 11.1 Å². The lowest BCUT2D eigenvalue weighted by Gasteiger charge is -2.24. The molecule has 35 heavy (non-hydrogen) atoms. The minimum atomic E-state index is -0.259. The van der Waals surface area contributed by atoms with Crippen LogP contribution in [-0.2, 0) is 0 Å². The number of nitrogens with zero attached hydrogens (tertiary/aromatic N) is 4. The molecule has 0 fully saturated rings. The van der Waals surface area contributed by atoms with Crippen LogP contribution in [0.5, 0.6) is 0 Å². The van der Waals surface area contributed by atoms with Crippen molar-refractivity contribution in [2.45, 2.75) is 33.2 Å². The van der Waals surface area contributed by atoms with E-state index in [1.807, 2.05) is 55.5 Å². The summed E-state index contributed by atoms with van der Waals surface area (Å²) in [6, 6.07) is 19.1. The van der Waals surface area contributed by atoms with Crippen LogP contribution in [-0.4, -0.2) is 19.7 Å². The first-order valence-electron chi connectivity index (χ1n) is 11.5. The summed E-state index contributed by atoms with van der Waals surface area (Å²) in [6.45, 7) is 5.77. The molecule has 5 aromatic rings. The number of anilines is 2. The fourth-order valence-electron chi connectivity index (χ4n) is 4.42. The van der Waals surface area contributed by atoms with E-state index in [0.29, 0.717) is 40.6 Å². The second-order valence-corrected chi connectivity index (χ2v) is 8.46. The minimum Gasteiger partial charge on any atom is -0.398 e. The van der Waals surface area contributed by atoms with Gasteiger partial charge in [-0.2, -0.15) is 4.98 Å². The van der Waals surface area contributed by atoms with Crippen LogP contribution in [0.1, 0.15) is 36.5 Å². The number of nitrogens with one attached hydrogen (secondary N) is 1. The molecular weight excluding hydrogens is 440 g/mol. The van der Waals surface area contributed by atoms with Gasteiger partial charge in [0.1, 0.15) is 11.4 Å². The molecule has 0 unspecified atom stereocenters. The summed E-state index contributed by atoms with van der Waals surface area (Å²) in [6.07, 6.45) is 2.31. The van der Waals surface area contributed by atoms with Crippen LogP contribution in [0, 0.1) is 13.8 Å². The molecule has 3 N–H and O–H groups in total. The van der Waals surface area contributed by atoms with Crippen LogP contribution in [0.2, 0.25) is 0 Å². The zero-order valence-electron chi connectivity index (χ0n) is 19.8. The van der Waals surface area contributed by atoms with E-state index in [2.05, 4.69) is 33.4 Å². The average molecular weight is 467 g/mol. The Labute approximate surface area is 202 Å². The molecule has 0 spiro atoms. The maximum absolute atomic E-state index is 13.9. The molecule has 0 aliphatic rings. The smallest absolute Gasteiger partial charge is 0.263 e. The van der Waals surface area contributed by atoms with Gasteiger partial charge in [-0.1, -0.05) is 48.5 Å². The fourth-order valence-corrected chi connectivity index (χ4v) is 4.42. The number of aryl methyl sites for hydroxylation is 2. The van der Waals surface area contributed by atoms with Crippen LogP contribution in [0.3, 0.4) is 0 Å². The molecule has 0 saturated carbocycles. The predicted octanol–water partition coefficient (Wildman–Crippen LogP) is 5.20. The van der Waals surface area contributed by atoms with Crippen LogP contribution >= 0.6 is 0 Å². The summed E-state index contributed by atoms with van der Waals surface area (Å²) in [7, 11) is 0. The highest BCUT2D eigenvalue weighted by Crippen LogP contribution is 2.34. The van der Waals surface area contributed by atoms with Crippen LogP contribution in [0.4, 0.5) is 11.5 Å². The lowest BCUT2D eigenvalue weighted by molar-refractivity contribution is 0.426. The third-order valence-corrected chi connectivity index (χ3v) is 6.10. The molecule has 1 atom stereocenters. The number of nitrogens with two attached hydrogens (primary N) is 1. The first-order valence-corrected chi connectivity index (χ1v) is 11.5. The minimum absolute atomic E-state index is 0.0599. The average Bonchev–Trinajstić information content (AvgIpc) is 3.28. The largest absolute Gasteiger partial charge is 0.398 e. The van der Waals surface area contributed by atoms with Gasteiger partial charge in [0.2, 0.25) is 0 Å². The molecule has 8 nitrogen and oxygen atoms in total. The van der Waals surface area contributed by atoms with E-state index in [4.69, 9.17) is 10.3 Å². The van der Waals surface area contributed by atoms with Gasteiger partial charge in [-0.25, -0.2) is 4.98 Å². The Hall–Kier alpha value is -4.46. The standard InChI is InChI=1S/C27H26N6O2/c1-4-21(31-25-24(20(28)13-14-29-25)26-30-17(3)32-35-26)22-15-18-10-8-9-16(2)23(18)27(34)33(22)19-11-6-5-7-12-19/h5-15,21H,4H2,1-3H3,(H3,28,29,31)/t21-/m0/s1. The van der Waals surface area contributed by atoms with Gasteiger partial charge in [-0.3, -0.25) is 9.36 Å². The molecular formula is C27H26N6O2. The molecule has 3 aromatic heterocycles. The summed E-state index contributed by atoms with van der Waals surface area (Å²) >= 11 is 0. The van der Waals surface area contributed by atoms with Crippen molar-refractivity contribution in [3.8, 4) is 17.1 Å². The third-order valence-electron chi connectivity index (χ3n) is 6.10. The molecule has 0 aliphatic heterocycles. The zero-order valence-corrected chi connectivity index (χ0v) is 19.8. The first-order chi connectivity index (χ1) is 17.0. The number of fused-ring (bicyclic) bond motifs is 1. The Morgan fingerprint density at radius 2 is 1.89 bits per heavy atom. The van der Waals surface area contributed by atoms with Crippen molar-refractivity contribution in [2.24, 2.45) is 0 Å². The van der Waals surface area contributed by atoms with Crippen molar-refractivity contribution in [3.63, 3.8) is 0 Å². The third kappa shape index (κ3) is 4.03. The maximum atomic E-state index is 13.9. The molecule has 0 amide bonds. The van der Waals surface area contributed by atoms with Gasteiger partial charge < -0.3 is 15.6 Å². The van der Waals surface area contributed by atoms with Gasteiger partial charge in [0, 0.05) is 23.3 Å². The highest BCUT2D eigenvalue weighted by Gasteiger charge is 2.23. The van der Waals surface area contributed by atoms with Crippen molar-refractivity contribution in [1.82, 2.24) is 19.7 Å². The second kappa shape index (κ2) is 9.06. The number of pyridine rings is 2. The van der Waals surface area contributed by atoms with E-state index in [0.717, 1.165) is 22.3 Å². The summed E-state index contributed by atoms with van der Waals surface area (Å²) in [5.74, 6) is 1.31. The molecule has 8 heteroatoms. The number of hydrogen-bond acceptors (Lipinski definition) is 7. The predicted molar refractivity (Wildman–Crippen MR) is 138 cm³/mol. The zero-order chi connectivity index (χ0) is 24.5. The fraction of sp³-hybridized carbons (Fsp3) is 0.185. The monoisotopic (exact) mass is 466 g/mol. The van der Waals surface area contributed by atoms with E-state index < -0.39 is 0 Å². The Balaban J connectivity index is 1.71. The quantitative estimate of drug-likeness (QED) is 0.354. The van der Waals surface area contributed by atoms with Gasteiger partial charge >= 0.3 is 0 Å². The topological polar surface area (TPSA) is 112 Å². The van der Waals surface area contributed by atoms with E-state index in [1.165, 1.54) is 0 Å². The van der Waals surface area contributed by atoms with Gasteiger partial charge in [0.15, 0.2) is 5.82 Å². The molecule has 0 radical (unpaired) electrons. The Morgan fingerprint density at radius 1 is 1.09 bits per heavy atom. The van der Waals surface area contributed by atoms with Crippen molar-refractivity contribution >= 4 is 22.3 Å². The molecule has 0 saturated heterocycles. The molecule has 3 heterocycles. The lowest BCUT2D eigenvalue weighted by atomic mass is 10.0. The normalized spacial score (nSPS) is 12.1. The summed E-state index contributed by atoms with van der Waals surface area (Å²) in [4.78, 5) is 22.7. The Bertz CT molecular complexity index is 1570. The second-order valence-electron chi connectivity index (χ2n) is 8.46. The number of para-hydroxylation sites is 1. The number of nitrogen functional groups attached to an aromatic ring is 1. The summed E-state index contributed by atoms with van der Waals surface area (Å²) in [5.41, 5.74) is 9.80. The van der Waals surface area contributed by atoms with Gasteiger partial charge in [-0.15, -0.1) is 0 Å². The van der Waals surface area contributed by atoms with Crippen LogP contribution in [0.25, 0.3) is 27.9 Å². The molecule has 0 aliphatic carbocycles. The highest BCUT2D eigenvalue weighted by molar-refractivity contribution is 5.86. The van der Waals surface area contributed by atoms with E-state index in [9.17, 15) is 4.79 Å². The SMILES string of the molecule is CC[C@H](Nc1nccc(N)c1-c1nc(C)no1)c1cc2cccc(C)c2c(=O)n1-c1ccccc1. The van der Waals surface area contributed by atoms with E-state index >= 15 is 0 Å². The van der Waals surface area contributed by atoms with Crippen LogP contribution < -0.4 is 16.6 Å². The van der Waals surface area contributed by atoms with Gasteiger partial charge in [0.25, 0.3) is 11.4 Å². The number of benzene rings is 2. The van der Waals surface area contributed by atoms with Crippen LogP contribution in [0.15, 0.2) is 76.2 Å². The molecule has 5 rings (SSSR count). The Kier molecular flexibility index (Phi) is 5.78. The van der Waals surface area contributed by atoms with E-state index in [1.54, 1.807) is 23.8 Å². The van der Waals surface area contributed by atoms with Gasteiger partial charge in [-0.05, 0) is 55.5 Å². The summed E-state index contributed by atoms with van der Waals surface area (Å²) < 4.78 is 7.18.